The molecule has 1 aliphatic heterocycles. The third kappa shape index (κ3) is 2.21. The summed E-state index contributed by atoms with van der Waals surface area (Å²) in [6.07, 6.45) is 1.11. The fourth-order valence-corrected chi connectivity index (χ4v) is 2.75. The second-order valence-corrected chi connectivity index (χ2v) is 4.57. The summed E-state index contributed by atoms with van der Waals surface area (Å²) in [4.78, 5) is 10.5. The molecule has 1 spiro atoms. The molecule has 6 heteroatoms. The van der Waals surface area contributed by atoms with Crippen LogP contribution in [0.3, 0.4) is 0 Å². The first-order valence-electron chi connectivity index (χ1n) is 5.08. The smallest absolute Gasteiger partial charge is 0.404 e. The molecule has 2 fully saturated rings. The van der Waals surface area contributed by atoms with Crippen LogP contribution in [0.25, 0.3) is 0 Å². The van der Waals surface area contributed by atoms with Gasteiger partial charge in [0, 0.05) is 12.5 Å². The monoisotopic (exact) mass is 233 g/mol. The fraction of sp³-hybridized carbons (Fsp3) is 0.889. The van der Waals surface area contributed by atoms with E-state index in [9.17, 15) is 4.79 Å². The van der Waals surface area contributed by atoms with Crippen molar-refractivity contribution in [3.05, 3.63) is 0 Å². The number of carboxylic acid groups (broad SMARTS) is 1. The average Bonchev–Trinajstić information content (AvgIpc) is 2.61. The normalized spacial score (nSPS) is 34.2. The number of hydrogen-bond acceptors (Lipinski definition) is 4. The van der Waals surface area contributed by atoms with Gasteiger partial charge in [-0.05, 0) is 12.8 Å². The lowest BCUT2D eigenvalue weighted by Gasteiger charge is -2.39. The van der Waals surface area contributed by atoms with E-state index < -0.39 is 11.9 Å². The van der Waals surface area contributed by atoms with E-state index in [1.54, 1.807) is 0 Å². The molecule has 2 aliphatic rings. The lowest BCUT2D eigenvalue weighted by Crippen LogP contribution is -2.50. The Labute approximate surface area is 93.5 Å². The van der Waals surface area contributed by atoms with Gasteiger partial charge in [0.1, 0.15) is 0 Å². The standard InChI is InChI=1S/C9H15NO4S/c11-8(12)10-6-1-2-9(7(15)5-6)13-3-4-14-9/h6-7,10,15H,1-5H2,(H,11,12)/t6-,7-/m1/s1. The van der Waals surface area contributed by atoms with Crippen molar-refractivity contribution in [2.45, 2.75) is 36.3 Å². The molecule has 1 saturated heterocycles. The maximum atomic E-state index is 10.5. The fourth-order valence-electron chi connectivity index (χ4n) is 2.22. The van der Waals surface area contributed by atoms with Gasteiger partial charge in [0.2, 0.25) is 0 Å². The first-order chi connectivity index (χ1) is 7.12. The zero-order valence-electron chi connectivity index (χ0n) is 8.31. The van der Waals surface area contributed by atoms with E-state index in [1.807, 2.05) is 0 Å². The summed E-state index contributed by atoms with van der Waals surface area (Å²) in [7, 11) is 0. The Balaban J connectivity index is 1.93. The van der Waals surface area contributed by atoms with E-state index in [2.05, 4.69) is 17.9 Å². The minimum absolute atomic E-state index is 0.0385. The Bertz CT molecular complexity index is 254. The summed E-state index contributed by atoms with van der Waals surface area (Å²) in [6, 6.07) is -0.0385. The molecule has 0 aromatic carbocycles. The topological polar surface area (TPSA) is 67.8 Å². The van der Waals surface area contributed by atoms with E-state index in [0.29, 0.717) is 26.1 Å². The van der Waals surface area contributed by atoms with Crippen molar-refractivity contribution in [2.75, 3.05) is 13.2 Å². The molecular weight excluding hydrogens is 218 g/mol. The average molecular weight is 233 g/mol. The van der Waals surface area contributed by atoms with Crippen LogP contribution in [0.2, 0.25) is 0 Å². The van der Waals surface area contributed by atoms with Crippen LogP contribution >= 0.6 is 12.6 Å². The maximum Gasteiger partial charge on any atom is 0.404 e. The number of rotatable bonds is 1. The lowest BCUT2D eigenvalue weighted by atomic mass is 9.89. The number of hydrogen-bond donors (Lipinski definition) is 3. The molecule has 2 N–H and O–H groups in total. The zero-order valence-corrected chi connectivity index (χ0v) is 9.20. The van der Waals surface area contributed by atoms with Crippen LogP contribution in [0.4, 0.5) is 4.79 Å². The van der Waals surface area contributed by atoms with Gasteiger partial charge in [-0.3, -0.25) is 0 Å². The molecule has 15 heavy (non-hydrogen) atoms. The lowest BCUT2D eigenvalue weighted by molar-refractivity contribution is -0.173. The van der Waals surface area contributed by atoms with Gasteiger partial charge in [0.15, 0.2) is 5.79 Å². The van der Waals surface area contributed by atoms with Gasteiger partial charge < -0.3 is 19.9 Å². The Morgan fingerprint density at radius 3 is 2.67 bits per heavy atom. The van der Waals surface area contributed by atoms with Crippen molar-refractivity contribution >= 4 is 18.7 Å². The number of carbonyl (C=O) groups is 1. The van der Waals surface area contributed by atoms with E-state index in [1.165, 1.54) is 0 Å². The van der Waals surface area contributed by atoms with Gasteiger partial charge in [-0.2, -0.15) is 12.6 Å². The summed E-state index contributed by atoms with van der Waals surface area (Å²) >= 11 is 4.44. The summed E-state index contributed by atoms with van der Waals surface area (Å²) < 4.78 is 11.1. The van der Waals surface area contributed by atoms with Crippen LogP contribution in [-0.2, 0) is 9.47 Å². The zero-order chi connectivity index (χ0) is 10.9. The van der Waals surface area contributed by atoms with E-state index in [4.69, 9.17) is 14.6 Å². The van der Waals surface area contributed by atoms with Crippen LogP contribution in [0.5, 0.6) is 0 Å². The number of nitrogens with one attached hydrogen (secondary N) is 1. The third-order valence-corrected chi connectivity index (χ3v) is 3.56. The van der Waals surface area contributed by atoms with E-state index in [-0.39, 0.29) is 11.3 Å². The van der Waals surface area contributed by atoms with Gasteiger partial charge in [0.05, 0.1) is 18.5 Å². The highest BCUT2D eigenvalue weighted by Gasteiger charge is 2.46. The third-order valence-electron chi connectivity index (χ3n) is 2.96. The SMILES string of the molecule is O=C(O)N[C@@H]1CCC2(OCCO2)[C@H](S)C1. The Kier molecular flexibility index (Phi) is 3.08. The first kappa shape index (κ1) is 11.0. The number of ether oxygens (including phenoxy) is 2. The molecule has 1 saturated carbocycles. The van der Waals surface area contributed by atoms with Crippen molar-refractivity contribution in [1.82, 2.24) is 5.32 Å². The van der Waals surface area contributed by atoms with Crippen molar-refractivity contribution in [1.29, 1.82) is 0 Å². The van der Waals surface area contributed by atoms with Crippen LogP contribution in [0, 0.1) is 0 Å². The van der Waals surface area contributed by atoms with Gasteiger partial charge in [-0.1, -0.05) is 0 Å². The van der Waals surface area contributed by atoms with Crippen LogP contribution in [0.15, 0.2) is 0 Å². The molecule has 5 nitrogen and oxygen atoms in total. The molecule has 2 atom stereocenters. The molecule has 0 aromatic rings. The molecule has 0 aromatic heterocycles. The molecule has 0 bridgehead atoms. The van der Waals surface area contributed by atoms with Gasteiger partial charge in [0.25, 0.3) is 0 Å². The maximum absolute atomic E-state index is 10.5. The second-order valence-electron chi connectivity index (χ2n) is 3.95. The molecular formula is C9H15NO4S. The number of amides is 1. The van der Waals surface area contributed by atoms with Gasteiger partial charge in [-0.15, -0.1) is 0 Å². The summed E-state index contributed by atoms with van der Waals surface area (Å²) in [6.45, 7) is 1.21. The van der Waals surface area contributed by atoms with E-state index in [0.717, 1.165) is 6.42 Å². The molecule has 0 unspecified atom stereocenters. The summed E-state index contributed by atoms with van der Waals surface area (Å²) in [5.41, 5.74) is 0. The van der Waals surface area contributed by atoms with Gasteiger partial charge >= 0.3 is 6.09 Å². The quantitative estimate of drug-likeness (QED) is 0.587. The summed E-state index contributed by atoms with van der Waals surface area (Å²) in [5.74, 6) is -0.570. The predicted octanol–water partition coefficient (Wildman–Crippen LogP) is 0.848. The Morgan fingerprint density at radius 1 is 1.47 bits per heavy atom. The molecule has 86 valence electrons. The van der Waals surface area contributed by atoms with Crippen molar-refractivity contribution in [3.8, 4) is 0 Å². The van der Waals surface area contributed by atoms with Crippen molar-refractivity contribution < 1.29 is 19.4 Å². The highest BCUT2D eigenvalue weighted by atomic mass is 32.1. The first-order valence-corrected chi connectivity index (χ1v) is 5.59. The van der Waals surface area contributed by atoms with Crippen LogP contribution in [0.1, 0.15) is 19.3 Å². The van der Waals surface area contributed by atoms with Crippen LogP contribution in [-0.4, -0.2) is 41.5 Å². The largest absolute Gasteiger partial charge is 0.465 e. The molecule has 1 amide bonds. The van der Waals surface area contributed by atoms with E-state index >= 15 is 0 Å². The van der Waals surface area contributed by atoms with Gasteiger partial charge in [-0.25, -0.2) is 4.79 Å². The Hall–Kier alpha value is -0.460. The van der Waals surface area contributed by atoms with Crippen molar-refractivity contribution in [3.63, 3.8) is 0 Å². The highest BCUT2D eigenvalue weighted by Crippen LogP contribution is 2.38. The predicted molar refractivity (Wildman–Crippen MR) is 56.2 cm³/mol. The number of thiol groups is 1. The molecule has 2 rings (SSSR count). The highest BCUT2D eigenvalue weighted by molar-refractivity contribution is 7.81. The minimum atomic E-state index is -0.982. The van der Waals surface area contributed by atoms with Crippen molar-refractivity contribution in [2.24, 2.45) is 0 Å². The summed E-state index contributed by atoms with van der Waals surface area (Å²) in [5, 5.41) is 11.0. The Morgan fingerprint density at radius 2 is 2.13 bits per heavy atom. The molecule has 0 radical (unpaired) electrons. The molecule has 1 heterocycles. The second kappa shape index (κ2) is 4.19. The van der Waals surface area contributed by atoms with Crippen LogP contribution < -0.4 is 5.32 Å². The molecule has 1 aliphatic carbocycles. The minimum Gasteiger partial charge on any atom is -0.465 e.